The highest BCUT2D eigenvalue weighted by Gasteiger charge is 2.30. The van der Waals surface area contributed by atoms with E-state index in [1.807, 2.05) is 6.07 Å². The Bertz CT molecular complexity index is 832. The van der Waals surface area contributed by atoms with Crippen molar-refractivity contribution in [2.45, 2.75) is 38.3 Å². The van der Waals surface area contributed by atoms with Gasteiger partial charge in [0.1, 0.15) is 17.2 Å². The Hall–Kier alpha value is -2.67. The van der Waals surface area contributed by atoms with Crippen molar-refractivity contribution in [1.29, 1.82) is 0 Å². The van der Waals surface area contributed by atoms with E-state index in [1.165, 1.54) is 16.9 Å². The van der Waals surface area contributed by atoms with E-state index >= 15 is 0 Å². The molecule has 2 heterocycles. The van der Waals surface area contributed by atoms with E-state index in [-0.39, 0.29) is 23.8 Å². The third-order valence-corrected chi connectivity index (χ3v) is 5.13. The van der Waals surface area contributed by atoms with E-state index in [0.717, 1.165) is 31.4 Å². The molecule has 0 radical (unpaired) electrons. The van der Waals surface area contributed by atoms with Crippen molar-refractivity contribution in [3.63, 3.8) is 0 Å². The largest absolute Gasteiger partial charge is 0.383 e. The van der Waals surface area contributed by atoms with Crippen LogP contribution in [-0.2, 0) is 0 Å². The summed E-state index contributed by atoms with van der Waals surface area (Å²) in [4.78, 5) is 14.2. The van der Waals surface area contributed by atoms with Crippen molar-refractivity contribution in [3.8, 4) is 0 Å². The normalized spacial score (nSPS) is 18.9. The second kappa shape index (κ2) is 8.35. The summed E-state index contributed by atoms with van der Waals surface area (Å²) in [6, 6.07) is 7.23. The third kappa shape index (κ3) is 4.03. The van der Waals surface area contributed by atoms with Gasteiger partial charge in [-0.2, -0.15) is 5.10 Å². The number of hydrogen-bond acceptors (Lipinski definition) is 4. The number of aromatic nitrogens is 2. The Morgan fingerprint density at radius 3 is 3.04 bits per heavy atom. The van der Waals surface area contributed by atoms with Crippen molar-refractivity contribution in [2.75, 3.05) is 19.3 Å². The number of nitrogen functional groups attached to an aromatic ring is 1. The lowest BCUT2D eigenvalue weighted by molar-refractivity contribution is 0.0964. The maximum atomic E-state index is 13.7. The lowest BCUT2D eigenvalue weighted by Gasteiger charge is -2.31. The summed E-state index contributed by atoms with van der Waals surface area (Å²) in [7, 11) is 1.56. The van der Waals surface area contributed by atoms with Gasteiger partial charge in [0.05, 0.1) is 6.20 Å². The van der Waals surface area contributed by atoms with Crippen LogP contribution in [0.5, 0.6) is 0 Å². The number of carbonyl (C=O) groups excluding carboxylic acids is 1. The molecule has 1 aliphatic heterocycles. The van der Waals surface area contributed by atoms with Crippen LogP contribution < -0.4 is 11.1 Å². The van der Waals surface area contributed by atoms with Crippen molar-refractivity contribution in [1.82, 2.24) is 20.0 Å². The summed E-state index contributed by atoms with van der Waals surface area (Å²) < 4.78 is 15.2. The Labute approximate surface area is 158 Å². The van der Waals surface area contributed by atoms with Gasteiger partial charge in [0, 0.05) is 25.3 Å². The molecule has 1 aromatic heterocycles. The Morgan fingerprint density at radius 2 is 2.33 bits per heavy atom. The molecule has 0 aliphatic carbocycles. The number of nitrogens with one attached hydrogen (secondary N) is 1. The summed E-state index contributed by atoms with van der Waals surface area (Å²) in [6.45, 7) is 3.08. The standard InChI is InChI=1S/C20H26FN5O/c1-3-16(9-11-26-19(22)17(13-24-26)20(27)23-2)25-10-5-8-18(25)14-6-4-7-15(21)12-14/h4,6-7,9,11-13,16,18H,3,5,8,10,22H2,1-2H3,(H,23,27)/b11-9-/t16?,18-/m1/s1. The zero-order valence-electron chi connectivity index (χ0n) is 15.7. The van der Waals surface area contributed by atoms with Crippen molar-refractivity contribution in [3.05, 3.63) is 53.5 Å². The smallest absolute Gasteiger partial charge is 0.256 e. The summed E-state index contributed by atoms with van der Waals surface area (Å²) in [5.41, 5.74) is 7.40. The quantitative estimate of drug-likeness (QED) is 0.818. The first-order valence-electron chi connectivity index (χ1n) is 9.29. The predicted molar refractivity (Wildman–Crippen MR) is 105 cm³/mol. The molecule has 1 aliphatic rings. The molecule has 1 fully saturated rings. The minimum absolute atomic E-state index is 0.174. The van der Waals surface area contributed by atoms with Gasteiger partial charge in [-0.3, -0.25) is 9.69 Å². The van der Waals surface area contributed by atoms with Gasteiger partial charge in [-0.15, -0.1) is 0 Å². The highest BCUT2D eigenvalue weighted by molar-refractivity contribution is 5.98. The molecule has 1 aromatic carbocycles. The van der Waals surface area contributed by atoms with Gasteiger partial charge in [0.15, 0.2) is 0 Å². The van der Waals surface area contributed by atoms with E-state index in [1.54, 1.807) is 25.4 Å². The topological polar surface area (TPSA) is 76.2 Å². The molecule has 1 amide bonds. The van der Waals surface area contributed by atoms with Gasteiger partial charge < -0.3 is 11.1 Å². The summed E-state index contributed by atoms with van der Waals surface area (Å²) in [5, 5.41) is 6.73. The van der Waals surface area contributed by atoms with E-state index in [2.05, 4.69) is 28.3 Å². The minimum Gasteiger partial charge on any atom is -0.383 e. The number of nitrogens with two attached hydrogens (primary N) is 1. The van der Waals surface area contributed by atoms with Crippen molar-refractivity contribution in [2.24, 2.45) is 0 Å². The Kier molecular flexibility index (Phi) is 5.91. The number of nitrogens with zero attached hydrogens (tertiary/aromatic N) is 3. The van der Waals surface area contributed by atoms with Crippen LogP contribution in [0.25, 0.3) is 6.20 Å². The van der Waals surface area contributed by atoms with Gasteiger partial charge in [-0.05, 0) is 49.6 Å². The SMILES string of the molecule is CCC(/C=C\n1ncc(C(=O)NC)c1N)N1CCC[C@@H]1c1cccc(F)c1. The first kappa shape index (κ1) is 19.1. The van der Waals surface area contributed by atoms with Crippen LogP contribution in [0.4, 0.5) is 10.2 Å². The molecule has 2 aromatic rings. The molecule has 1 unspecified atom stereocenters. The molecule has 7 heteroatoms. The second-order valence-electron chi connectivity index (χ2n) is 6.74. The van der Waals surface area contributed by atoms with E-state index < -0.39 is 0 Å². The molecule has 6 nitrogen and oxygen atoms in total. The van der Waals surface area contributed by atoms with Crippen molar-refractivity contribution >= 4 is 17.9 Å². The zero-order valence-corrected chi connectivity index (χ0v) is 15.7. The maximum Gasteiger partial charge on any atom is 0.256 e. The average molecular weight is 371 g/mol. The molecule has 3 rings (SSSR count). The number of amides is 1. The van der Waals surface area contributed by atoms with Gasteiger partial charge >= 0.3 is 0 Å². The molecule has 1 saturated heterocycles. The fraction of sp³-hybridized carbons (Fsp3) is 0.400. The van der Waals surface area contributed by atoms with Crippen LogP contribution in [0.3, 0.4) is 0 Å². The van der Waals surface area contributed by atoms with Gasteiger partial charge in [-0.25, -0.2) is 9.07 Å². The predicted octanol–water partition coefficient (Wildman–Crippen LogP) is 3.05. The molecular formula is C20H26FN5O. The fourth-order valence-corrected chi connectivity index (χ4v) is 3.72. The second-order valence-corrected chi connectivity index (χ2v) is 6.74. The monoisotopic (exact) mass is 371 g/mol. The van der Waals surface area contributed by atoms with Crippen LogP contribution in [0.15, 0.2) is 36.5 Å². The molecule has 27 heavy (non-hydrogen) atoms. The number of rotatable bonds is 6. The van der Waals surface area contributed by atoms with E-state index in [4.69, 9.17) is 5.73 Å². The zero-order chi connectivity index (χ0) is 19.4. The molecule has 2 atom stereocenters. The molecule has 0 saturated carbocycles. The van der Waals surface area contributed by atoms with Gasteiger partial charge in [0.25, 0.3) is 5.91 Å². The first-order chi connectivity index (χ1) is 13.0. The highest BCUT2D eigenvalue weighted by Crippen LogP contribution is 2.35. The summed E-state index contributed by atoms with van der Waals surface area (Å²) in [6.07, 6.45) is 8.32. The van der Waals surface area contributed by atoms with Crippen molar-refractivity contribution < 1.29 is 9.18 Å². The first-order valence-corrected chi connectivity index (χ1v) is 9.29. The summed E-state index contributed by atoms with van der Waals surface area (Å²) in [5.74, 6) is -0.151. The van der Waals surface area contributed by atoms with Crippen LogP contribution in [0, 0.1) is 5.82 Å². The minimum atomic E-state index is -0.259. The lowest BCUT2D eigenvalue weighted by Crippen LogP contribution is -2.33. The molecular weight excluding hydrogens is 345 g/mol. The van der Waals surface area contributed by atoms with E-state index in [9.17, 15) is 9.18 Å². The van der Waals surface area contributed by atoms with Crippen LogP contribution >= 0.6 is 0 Å². The lowest BCUT2D eigenvalue weighted by atomic mass is 10.0. The number of halogens is 1. The van der Waals surface area contributed by atoms with E-state index in [0.29, 0.717) is 11.4 Å². The van der Waals surface area contributed by atoms with Crippen LogP contribution in [0.1, 0.15) is 48.1 Å². The van der Waals surface area contributed by atoms with Gasteiger partial charge in [-0.1, -0.05) is 19.1 Å². The molecule has 0 spiro atoms. The van der Waals surface area contributed by atoms with Crippen LogP contribution in [-0.4, -0.2) is 40.2 Å². The number of carbonyl (C=O) groups is 1. The average Bonchev–Trinajstić information content (AvgIpc) is 3.29. The Morgan fingerprint density at radius 1 is 1.52 bits per heavy atom. The number of hydrogen-bond donors (Lipinski definition) is 2. The number of likely N-dealkylation sites (tertiary alicyclic amines) is 1. The Balaban J connectivity index is 1.79. The number of benzene rings is 1. The van der Waals surface area contributed by atoms with Crippen LogP contribution in [0.2, 0.25) is 0 Å². The summed E-state index contributed by atoms with van der Waals surface area (Å²) >= 11 is 0. The molecule has 144 valence electrons. The van der Waals surface area contributed by atoms with Gasteiger partial charge in [0.2, 0.25) is 0 Å². The fourth-order valence-electron chi connectivity index (χ4n) is 3.72. The third-order valence-electron chi connectivity index (χ3n) is 5.13. The molecule has 3 N–H and O–H groups in total. The maximum absolute atomic E-state index is 13.7. The number of anilines is 1. The highest BCUT2D eigenvalue weighted by atomic mass is 19.1. The molecule has 0 bridgehead atoms.